The maximum atomic E-state index is 12.5. The second-order valence-electron chi connectivity index (χ2n) is 6.22. The lowest BCUT2D eigenvalue weighted by Crippen LogP contribution is -2.26. The first-order valence-electron chi connectivity index (χ1n) is 8.61. The highest BCUT2D eigenvalue weighted by Crippen LogP contribution is 2.20. The molecule has 0 aliphatic carbocycles. The van der Waals surface area contributed by atoms with Crippen molar-refractivity contribution in [2.45, 2.75) is 24.3 Å². The number of primary amides is 1. The third-order valence-corrected chi connectivity index (χ3v) is 5.56. The molecular formula is C18H20N4O5S. The van der Waals surface area contributed by atoms with Crippen molar-refractivity contribution in [2.24, 2.45) is 5.73 Å². The SMILES string of the molecule is NC(=O)COc1ccc(S(=O)(=O)NCc2ccnc(N3CCCC3=O)c2)cc1. The number of aromatic nitrogens is 1. The van der Waals surface area contributed by atoms with E-state index in [4.69, 9.17) is 10.5 Å². The predicted molar refractivity (Wildman–Crippen MR) is 101 cm³/mol. The molecule has 0 unspecified atom stereocenters. The zero-order valence-corrected chi connectivity index (χ0v) is 15.8. The van der Waals surface area contributed by atoms with Crippen LogP contribution >= 0.6 is 0 Å². The average molecular weight is 404 g/mol. The Hall–Kier alpha value is -2.98. The van der Waals surface area contributed by atoms with Gasteiger partial charge in [0.2, 0.25) is 15.9 Å². The van der Waals surface area contributed by atoms with E-state index in [1.807, 2.05) is 0 Å². The number of rotatable bonds is 8. The number of nitrogens with zero attached hydrogens (tertiary/aromatic N) is 2. The Morgan fingerprint density at radius 2 is 2.00 bits per heavy atom. The Balaban J connectivity index is 1.65. The number of hydrogen-bond acceptors (Lipinski definition) is 6. The molecule has 1 saturated heterocycles. The fourth-order valence-electron chi connectivity index (χ4n) is 2.74. The highest BCUT2D eigenvalue weighted by atomic mass is 32.2. The summed E-state index contributed by atoms with van der Waals surface area (Å²) in [5.41, 5.74) is 5.69. The number of hydrogen-bond donors (Lipinski definition) is 2. The fraction of sp³-hybridized carbons (Fsp3) is 0.278. The second kappa shape index (κ2) is 8.36. The zero-order chi connectivity index (χ0) is 20.1. The van der Waals surface area contributed by atoms with E-state index in [9.17, 15) is 18.0 Å². The molecule has 0 radical (unpaired) electrons. The molecule has 28 heavy (non-hydrogen) atoms. The van der Waals surface area contributed by atoms with Crippen LogP contribution in [0.5, 0.6) is 5.75 Å². The van der Waals surface area contributed by atoms with Gasteiger partial charge in [-0.25, -0.2) is 18.1 Å². The molecule has 9 nitrogen and oxygen atoms in total. The summed E-state index contributed by atoms with van der Waals surface area (Å²) >= 11 is 0. The predicted octanol–water partition coefficient (Wildman–Crippen LogP) is 0.551. The lowest BCUT2D eigenvalue weighted by Gasteiger charge is -2.15. The van der Waals surface area contributed by atoms with Crippen LogP contribution < -0.4 is 20.1 Å². The van der Waals surface area contributed by atoms with E-state index in [1.165, 1.54) is 24.3 Å². The van der Waals surface area contributed by atoms with E-state index in [0.717, 1.165) is 6.42 Å². The quantitative estimate of drug-likeness (QED) is 0.660. The van der Waals surface area contributed by atoms with E-state index < -0.39 is 15.9 Å². The van der Waals surface area contributed by atoms with Gasteiger partial charge in [0.05, 0.1) is 4.90 Å². The van der Waals surface area contributed by atoms with Gasteiger partial charge in [0, 0.05) is 25.7 Å². The average Bonchev–Trinajstić information content (AvgIpc) is 3.11. The van der Waals surface area contributed by atoms with Gasteiger partial charge in [-0.2, -0.15) is 0 Å². The van der Waals surface area contributed by atoms with Gasteiger partial charge >= 0.3 is 0 Å². The topological polar surface area (TPSA) is 132 Å². The molecule has 1 fully saturated rings. The fourth-order valence-corrected chi connectivity index (χ4v) is 3.76. The summed E-state index contributed by atoms with van der Waals surface area (Å²) in [6.45, 7) is 0.388. The van der Waals surface area contributed by atoms with E-state index in [2.05, 4.69) is 9.71 Å². The third-order valence-electron chi connectivity index (χ3n) is 4.14. The van der Waals surface area contributed by atoms with Crippen molar-refractivity contribution in [1.82, 2.24) is 9.71 Å². The van der Waals surface area contributed by atoms with Crippen molar-refractivity contribution >= 4 is 27.7 Å². The number of carbonyl (C=O) groups is 2. The minimum Gasteiger partial charge on any atom is -0.484 e. The maximum absolute atomic E-state index is 12.5. The molecule has 3 N–H and O–H groups in total. The molecule has 0 bridgehead atoms. The first kappa shape index (κ1) is 19.8. The van der Waals surface area contributed by atoms with Crippen LogP contribution in [0.4, 0.5) is 5.82 Å². The number of anilines is 1. The summed E-state index contributed by atoms with van der Waals surface area (Å²) in [7, 11) is -3.75. The Morgan fingerprint density at radius 3 is 2.64 bits per heavy atom. The first-order chi connectivity index (χ1) is 13.3. The Labute approximate surface area is 162 Å². The molecule has 148 valence electrons. The van der Waals surface area contributed by atoms with Gasteiger partial charge < -0.3 is 10.5 Å². The standard InChI is InChI=1S/C18H20N4O5S/c19-16(23)12-27-14-3-5-15(6-4-14)28(25,26)21-11-13-7-8-20-17(10-13)22-9-1-2-18(22)24/h3-8,10,21H,1-2,9,11-12H2,(H2,19,23). The van der Waals surface area contributed by atoms with E-state index in [0.29, 0.717) is 30.1 Å². The van der Waals surface area contributed by atoms with Crippen molar-refractivity contribution in [1.29, 1.82) is 0 Å². The van der Waals surface area contributed by atoms with Gasteiger partial charge in [-0.3, -0.25) is 14.5 Å². The van der Waals surface area contributed by atoms with Crippen molar-refractivity contribution < 1.29 is 22.7 Å². The highest BCUT2D eigenvalue weighted by molar-refractivity contribution is 7.89. The van der Waals surface area contributed by atoms with Crippen molar-refractivity contribution in [3.05, 3.63) is 48.2 Å². The van der Waals surface area contributed by atoms with E-state index >= 15 is 0 Å². The number of benzene rings is 1. The molecule has 0 saturated carbocycles. The lowest BCUT2D eigenvalue weighted by molar-refractivity contribution is -0.120. The molecule has 2 aromatic rings. The molecule has 2 heterocycles. The molecular weight excluding hydrogens is 384 g/mol. The molecule has 1 aliphatic rings. The van der Waals surface area contributed by atoms with Gasteiger partial charge in [0.25, 0.3) is 5.91 Å². The van der Waals surface area contributed by atoms with Gasteiger partial charge in [-0.15, -0.1) is 0 Å². The Morgan fingerprint density at radius 1 is 1.25 bits per heavy atom. The van der Waals surface area contributed by atoms with E-state index in [1.54, 1.807) is 23.2 Å². The molecule has 0 spiro atoms. The maximum Gasteiger partial charge on any atom is 0.255 e. The number of nitrogens with one attached hydrogen (secondary N) is 1. The van der Waals surface area contributed by atoms with Crippen LogP contribution in [-0.2, 0) is 26.2 Å². The van der Waals surface area contributed by atoms with Crippen LogP contribution in [0.3, 0.4) is 0 Å². The third kappa shape index (κ3) is 4.84. The van der Waals surface area contributed by atoms with Crippen molar-refractivity contribution in [3.8, 4) is 5.75 Å². The minimum atomic E-state index is -3.75. The smallest absolute Gasteiger partial charge is 0.255 e. The number of ether oxygens (including phenoxy) is 1. The summed E-state index contributed by atoms with van der Waals surface area (Å²) in [5.74, 6) is 0.261. The molecule has 3 rings (SSSR count). The number of pyridine rings is 1. The summed E-state index contributed by atoms with van der Waals surface area (Å²) in [6, 6.07) is 9.03. The van der Waals surface area contributed by atoms with Gasteiger partial charge in [-0.1, -0.05) is 0 Å². The van der Waals surface area contributed by atoms with E-state index in [-0.39, 0.29) is 24.0 Å². The highest BCUT2D eigenvalue weighted by Gasteiger charge is 2.23. The van der Waals surface area contributed by atoms with Crippen LogP contribution in [0.1, 0.15) is 18.4 Å². The van der Waals surface area contributed by atoms with Crippen LogP contribution in [0, 0.1) is 0 Å². The Bertz CT molecular complexity index is 976. The molecule has 1 aromatic carbocycles. The van der Waals surface area contributed by atoms with Gasteiger partial charge in [0.1, 0.15) is 11.6 Å². The first-order valence-corrected chi connectivity index (χ1v) is 10.1. The monoisotopic (exact) mass is 404 g/mol. The number of sulfonamides is 1. The molecule has 0 atom stereocenters. The van der Waals surface area contributed by atoms with Crippen molar-refractivity contribution in [2.75, 3.05) is 18.1 Å². The number of carbonyl (C=O) groups excluding carboxylic acids is 2. The summed E-state index contributed by atoms with van der Waals surface area (Å²) in [6.07, 6.45) is 2.84. The molecule has 10 heteroatoms. The van der Waals surface area contributed by atoms with Crippen molar-refractivity contribution in [3.63, 3.8) is 0 Å². The second-order valence-corrected chi connectivity index (χ2v) is 7.99. The lowest BCUT2D eigenvalue weighted by atomic mass is 10.2. The van der Waals surface area contributed by atoms with Crippen LogP contribution in [-0.4, -0.2) is 38.4 Å². The summed E-state index contributed by atoms with van der Waals surface area (Å²) in [5, 5.41) is 0. The van der Waals surface area contributed by atoms with Crippen LogP contribution in [0.25, 0.3) is 0 Å². The van der Waals surface area contributed by atoms with Gasteiger partial charge in [-0.05, 0) is 48.4 Å². The molecule has 1 aliphatic heterocycles. The largest absolute Gasteiger partial charge is 0.484 e. The summed E-state index contributed by atoms with van der Waals surface area (Å²) < 4.78 is 32.6. The molecule has 1 aromatic heterocycles. The normalized spacial score (nSPS) is 14.3. The molecule has 2 amide bonds. The number of nitrogens with two attached hydrogens (primary N) is 1. The van der Waals surface area contributed by atoms with Crippen LogP contribution in [0.2, 0.25) is 0 Å². The van der Waals surface area contributed by atoms with Gasteiger partial charge in [0.15, 0.2) is 6.61 Å². The summed E-state index contributed by atoms with van der Waals surface area (Å²) in [4.78, 5) is 28.4. The van der Waals surface area contributed by atoms with Crippen LogP contribution in [0.15, 0.2) is 47.5 Å². The zero-order valence-electron chi connectivity index (χ0n) is 15.0. The Kier molecular flexibility index (Phi) is 5.90. The minimum absolute atomic E-state index is 0.0175. The number of amides is 2.